The highest BCUT2D eigenvalue weighted by atomic mass is 35.5. The Morgan fingerprint density at radius 2 is 2.07 bits per heavy atom. The van der Waals surface area contributed by atoms with Crippen LogP contribution in [0.4, 0.5) is 0 Å². The highest BCUT2D eigenvalue weighted by molar-refractivity contribution is 6.32. The molecule has 0 spiro atoms. The van der Waals surface area contributed by atoms with Crippen LogP contribution < -0.4 is 0 Å². The summed E-state index contributed by atoms with van der Waals surface area (Å²) in [6.45, 7) is 0. The third kappa shape index (κ3) is 1.67. The van der Waals surface area contributed by atoms with Gasteiger partial charge in [-0.2, -0.15) is 0 Å². The van der Waals surface area contributed by atoms with Crippen LogP contribution in [0.5, 0.6) is 5.75 Å². The lowest BCUT2D eigenvalue weighted by Gasteiger charge is -2.01. The van der Waals surface area contributed by atoms with E-state index in [1.807, 2.05) is 0 Å². The van der Waals surface area contributed by atoms with E-state index in [4.69, 9.17) is 11.6 Å². The van der Waals surface area contributed by atoms with Gasteiger partial charge in [-0.05, 0) is 18.2 Å². The standard InChI is InChI=1S/C10H7ClN2O/c11-8-5-7(1-2-10(8)14)9-6-12-3-4-13-9/h1-6,14H. The minimum absolute atomic E-state index is 0.0688. The number of halogens is 1. The van der Waals surface area contributed by atoms with Gasteiger partial charge in [0, 0.05) is 18.0 Å². The van der Waals surface area contributed by atoms with Crippen molar-refractivity contribution >= 4 is 11.6 Å². The maximum Gasteiger partial charge on any atom is 0.134 e. The van der Waals surface area contributed by atoms with E-state index < -0.39 is 0 Å². The third-order valence-corrected chi connectivity index (χ3v) is 2.11. The number of aromatic nitrogens is 2. The van der Waals surface area contributed by atoms with Gasteiger partial charge in [0.25, 0.3) is 0 Å². The van der Waals surface area contributed by atoms with Gasteiger partial charge in [0.15, 0.2) is 0 Å². The minimum atomic E-state index is 0.0688. The average Bonchev–Trinajstić information content (AvgIpc) is 2.23. The maximum atomic E-state index is 9.22. The van der Waals surface area contributed by atoms with Crippen molar-refractivity contribution in [2.45, 2.75) is 0 Å². The van der Waals surface area contributed by atoms with Crippen molar-refractivity contribution in [3.8, 4) is 17.0 Å². The molecule has 1 heterocycles. The molecule has 0 saturated heterocycles. The Morgan fingerprint density at radius 1 is 1.21 bits per heavy atom. The highest BCUT2D eigenvalue weighted by Gasteiger charge is 2.02. The van der Waals surface area contributed by atoms with Crippen LogP contribution in [-0.4, -0.2) is 15.1 Å². The molecule has 0 saturated carbocycles. The van der Waals surface area contributed by atoms with Crippen LogP contribution in [-0.2, 0) is 0 Å². The van der Waals surface area contributed by atoms with Crippen molar-refractivity contribution in [1.29, 1.82) is 0 Å². The molecule has 0 unspecified atom stereocenters. The number of rotatable bonds is 1. The Hall–Kier alpha value is -1.61. The lowest BCUT2D eigenvalue weighted by Crippen LogP contribution is -1.83. The van der Waals surface area contributed by atoms with Crippen molar-refractivity contribution in [2.24, 2.45) is 0 Å². The second-order valence-corrected chi connectivity index (χ2v) is 3.16. The maximum absolute atomic E-state index is 9.22. The molecular weight excluding hydrogens is 200 g/mol. The van der Waals surface area contributed by atoms with Crippen LogP contribution in [0.2, 0.25) is 5.02 Å². The summed E-state index contributed by atoms with van der Waals surface area (Å²) in [6.07, 6.45) is 4.85. The highest BCUT2D eigenvalue weighted by Crippen LogP contribution is 2.27. The Kier molecular flexibility index (Phi) is 2.33. The molecule has 3 nitrogen and oxygen atoms in total. The van der Waals surface area contributed by atoms with Crippen molar-refractivity contribution in [3.63, 3.8) is 0 Å². The quantitative estimate of drug-likeness (QED) is 0.780. The summed E-state index contributed by atoms with van der Waals surface area (Å²) in [4.78, 5) is 8.06. The summed E-state index contributed by atoms with van der Waals surface area (Å²) in [5.41, 5.74) is 1.57. The SMILES string of the molecule is Oc1ccc(-c2cnccn2)cc1Cl. The van der Waals surface area contributed by atoms with Gasteiger partial charge >= 0.3 is 0 Å². The van der Waals surface area contributed by atoms with Crippen LogP contribution in [0.15, 0.2) is 36.8 Å². The van der Waals surface area contributed by atoms with Gasteiger partial charge in [-0.15, -0.1) is 0 Å². The fourth-order valence-corrected chi connectivity index (χ4v) is 1.29. The van der Waals surface area contributed by atoms with E-state index in [1.165, 1.54) is 6.07 Å². The second kappa shape index (κ2) is 3.64. The van der Waals surface area contributed by atoms with Gasteiger partial charge in [-0.25, -0.2) is 0 Å². The first-order valence-electron chi connectivity index (χ1n) is 4.02. The zero-order valence-electron chi connectivity index (χ0n) is 7.18. The molecule has 0 bridgehead atoms. The number of hydrogen-bond donors (Lipinski definition) is 1. The van der Waals surface area contributed by atoms with Crippen LogP contribution in [0, 0.1) is 0 Å². The van der Waals surface area contributed by atoms with Gasteiger partial charge in [0.05, 0.1) is 16.9 Å². The molecule has 70 valence electrons. The van der Waals surface area contributed by atoms with E-state index in [1.54, 1.807) is 30.7 Å². The van der Waals surface area contributed by atoms with Crippen molar-refractivity contribution in [1.82, 2.24) is 9.97 Å². The molecule has 1 N–H and O–H groups in total. The van der Waals surface area contributed by atoms with E-state index in [-0.39, 0.29) is 5.75 Å². The van der Waals surface area contributed by atoms with Crippen LogP contribution >= 0.6 is 11.6 Å². The van der Waals surface area contributed by atoms with E-state index in [0.717, 1.165) is 11.3 Å². The molecule has 1 aromatic carbocycles. The second-order valence-electron chi connectivity index (χ2n) is 2.76. The van der Waals surface area contributed by atoms with Gasteiger partial charge < -0.3 is 5.11 Å². The first-order valence-corrected chi connectivity index (χ1v) is 4.40. The molecule has 0 fully saturated rings. The molecule has 0 aliphatic carbocycles. The number of hydrogen-bond acceptors (Lipinski definition) is 3. The first-order chi connectivity index (χ1) is 6.77. The monoisotopic (exact) mass is 206 g/mol. The van der Waals surface area contributed by atoms with Gasteiger partial charge in [0.1, 0.15) is 5.75 Å². The summed E-state index contributed by atoms with van der Waals surface area (Å²) >= 11 is 5.77. The zero-order valence-corrected chi connectivity index (χ0v) is 7.94. The summed E-state index contributed by atoms with van der Waals surface area (Å²) in [5.74, 6) is 0.0688. The first kappa shape index (κ1) is 8.97. The van der Waals surface area contributed by atoms with E-state index in [2.05, 4.69) is 9.97 Å². The van der Waals surface area contributed by atoms with Crippen molar-refractivity contribution in [3.05, 3.63) is 41.8 Å². The van der Waals surface area contributed by atoms with Crippen LogP contribution in [0.3, 0.4) is 0 Å². The lowest BCUT2D eigenvalue weighted by atomic mass is 10.1. The zero-order chi connectivity index (χ0) is 9.97. The van der Waals surface area contributed by atoms with E-state index >= 15 is 0 Å². The molecule has 0 aliphatic rings. The molecule has 1 aromatic heterocycles. The average molecular weight is 207 g/mol. The molecule has 2 aromatic rings. The number of nitrogens with zero attached hydrogens (tertiary/aromatic N) is 2. The molecule has 2 rings (SSSR count). The molecule has 4 heteroatoms. The minimum Gasteiger partial charge on any atom is -0.506 e. The molecule has 0 amide bonds. The molecule has 0 atom stereocenters. The number of phenolic OH excluding ortho intramolecular Hbond substituents is 1. The summed E-state index contributed by atoms with van der Waals surface area (Å²) < 4.78 is 0. The Bertz CT molecular complexity index is 445. The fourth-order valence-electron chi connectivity index (χ4n) is 1.11. The lowest BCUT2D eigenvalue weighted by molar-refractivity contribution is 0.475. The van der Waals surface area contributed by atoms with E-state index in [9.17, 15) is 5.11 Å². The molecule has 0 radical (unpaired) electrons. The predicted molar refractivity (Wildman–Crippen MR) is 54.1 cm³/mol. The summed E-state index contributed by atoms with van der Waals surface area (Å²) in [6, 6.07) is 4.93. The molecular formula is C10H7ClN2O. The van der Waals surface area contributed by atoms with Gasteiger partial charge in [-0.3, -0.25) is 9.97 Å². The normalized spacial score (nSPS) is 10.1. The number of aromatic hydroxyl groups is 1. The Labute approximate surface area is 86.0 Å². The molecule has 14 heavy (non-hydrogen) atoms. The Morgan fingerprint density at radius 3 is 2.71 bits per heavy atom. The third-order valence-electron chi connectivity index (χ3n) is 1.81. The number of phenols is 1. The van der Waals surface area contributed by atoms with Gasteiger partial charge in [-0.1, -0.05) is 11.6 Å². The summed E-state index contributed by atoms with van der Waals surface area (Å²) in [5, 5.41) is 9.54. The van der Waals surface area contributed by atoms with Crippen molar-refractivity contribution in [2.75, 3.05) is 0 Å². The predicted octanol–water partition coefficient (Wildman–Crippen LogP) is 2.50. The number of benzene rings is 1. The van der Waals surface area contributed by atoms with Crippen molar-refractivity contribution < 1.29 is 5.11 Å². The van der Waals surface area contributed by atoms with Crippen LogP contribution in [0.1, 0.15) is 0 Å². The smallest absolute Gasteiger partial charge is 0.134 e. The largest absolute Gasteiger partial charge is 0.506 e. The molecule has 0 aliphatic heterocycles. The van der Waals surface area contributed by atoms with Crippen LogP contribution in [0.25, 0.3) is 11.3 Å². The van der Waals surface area contributed by atoms with Gasteiger partial charge in [0.2, 0.25) is 0 Å². The summed E-state index contributed by atoms with van der Waals surface area (Å²) in [7, 11) is 0. The fraction of sp³-hybridized carbons (Fsp3) is 0. The Balaban J connectivity index is 2.48. The van der Waals surface area contributed by atoms with E-state index in [0.29, 0.717) is 5.02 Å². The topological polar surface area (TPSA) is 46.0 Å².